The highest BCUT2D eigenvalue weighted by atomic mass is 35.5. The molecule has 4 nitrogen and oxygen atoms in total. The normalized spacial score (nSPS) is 16.2. The third-order valence-electron chi connectivity index (χ3n) is 3.90. The number of nitrogens with zero attached hydrogens (tertiary/aromatic N) is 2. The summed E-state index contributed by atoms with van der Waals surface area (Å²) in [4.78, 5) is 8.97. The Morgan fingerprint density at radius 1 is 1.27 bits per heavy atom. The standard InChI is InChI=1S/C15H17Cl2N3OS/c1-19-4-6-20(7-5-19)15-18-14(21)13(22-15)9-10-2-3-11(16)12(17)8-10/h2-3,8,21H,4-7,9H2,1H3/p+1. The van der Waals surface area contributed by atoms with E-state index < -0.39 is 0 Å². The summed E-state index contributed by atoms with van der Waals surface area (Å²) in [5, 5.41) is 12.1. The van der Waals surface area contributed by atoms with Crippen LogP contribution in [0.1, 0.15) is 10.4 Å². The van der Waals surface area contributed by atoms with Crippen molar-refractivity contribution in [2.24, 2.45) is 0 Å². The lowest BCUT2D eigenvalue weighted by molar-refractivity contribution is -0.880. The average molecular weight is 359 g/mol. The van der Waals surface area contributed by atoms with E-state index in [1.54, 1.807) is 17.4 Å². The van der Waals surface area contributed by atoms with E-state index in [0.717, 1.165) is 41.8 Å². The van der Waals surface area contributed by atoms with Gasteiger partial charge in [0, 0.05) is 6.42 Å². The van der Waals surface area contributed by atoms with Gasteiger partial charge in [-0.05, 0) is 17.7 Å². The Labute approximate surface area is 143 Å². The quantitative estimate of drug-likeness (QED) is 0.882. The van der Waals surface area contributed by atoms with E-state index >= 15 is 0 Å². The monoisotopic (exact) mass is 358 g/mol. The van der Waals surface area contributed by atoms with Gasteiger partial charge in [-0.15, -0.1) is 0 Å². The van der Waals surface area contributed by atoms with Gasteiger partial charge in [-0.2, -0.15) is 4.98 Å². The third kappa shape index (κ3) is 3.49. The average Bonchev–Trinajstić information content (AvgIpc) is 2.85. The molecule has 118 valence electrons. The molecule has 2 aromatic rings. The van der Waals surface area contributed by atoms with E-state index in [-0.39, 0.29) is 5.88 Å². The van der Waals surface area contributed by atoms with Gasteiger partial charge in [0.2, 0.25) is 5.88 Å². The summed E-state index contributed by atoms with van der Waals surface area (Å²) >= 11 is 13.5. The van der Waals surface area contributed by atoms with E-state index in [2.05, 4.69) is 16.9 Å². The Balaban J connectivity index is 1.76. The minimum absolute atomic E-state index is 0.123. The number of quaternary nitrogens is 1. The number of aromatic hydroxyl groups is 1. The molecule has 22 heavy (non-hydrogen) atoms. The number of nitrogens with one attached hydrogen (secondary N) is 1. The summed E-state index contributed by atoms with van der Waals surface area (Å²) in [5.74, 6) is 0.123. The van der Waals surface area contributed by atoms with Crippen molar-refractivity contribution in [3.63, 3.8) is 0 Å². The summed E-state index contributed by atoms with van der Waals surface area (Å²) in [7, 11) is 2.20. The Bertz CT molecular complexity index is 669. The van der Waals surface area contributed by atoms with E-state index in [1.807, 2.05) is 12.1 Å². The largest absolute Gasteiger partial charge is 0.492 e. The highest BCUT2D eigenvalue weighted by Crippen LogP contribution is 2.33. The molecule has 2 heterocycles. The first kappa shape index (κ1) is 15.9. The van der Waals surface area contributed by atoms with E-state index in [1.165, 1.54) is 4.90 Å². The topological polar surface area (TPSA) is 40.8 Å². The molecule has 0 bridgehead atoms. The predicted octanol–water partition coefficient (Wildman–Crippen LogP) is 2.08. The van der Waals surface area contributed by atoms with Crippen LogP contribution in [-0.4, -0.2) is 43.3 Å². The van der Waals surface area contributed by atoms with Crippen LogP contribution in [0.2, 0.25) is 10.0 Å². The van der Waals surface area contributed by atoms with Gasteiger partial charge in [0.25, 0.3) is 0 Å². The molecule has 1 aliphatic heterocycles. The minimum atomic E-state index is 0.123. The molecule has 1 aromatic carbocycles. The Hall–Kier alpha value is -1.01. The summed E-state index contributed by atoms with van der Waals surface area (Å²) in [5.41, 5.74) is 1.02. The molecule has 3 rings (SSSR count). The van der Waals surface area contributed by atoms with Crippen molar-refractivity contribution in [1.82, 2.24) is 4.98 Å². The zero-order valence-electron chi connectivity index (χ0n) is 12.3. The lowest BCUT2D eigenvalue weighted by Crippen LogP contribution is -3.12. The van der Waals surface area contributed by atoms with E-state index in [4.69, 9.17) is 23.2 Å². The van der Waals surface area contributed by atoms with Gasteiger partial charge in [-0.3, -0.25) is 0 Å². The first-order valence-corrected chi connectivity index (χ1v) is 8.79. The fourth-order valence-corrected chi connectivity index (χ4v) is 3.86. The number of hydrogen-bond acceptors (Lipinski definition) is 4. The van der Waals surface area contributed by atoms with Crippen LogP contribution in [0.5, 0.6) is 5.88 Å². The van der Waals surface area contributed by atoms with Crippen LogP contribution < -0.4 is 9.80 Å². The van der Waals surface area contributed by atoms with Gasteiger partial charge in [-0.25, -0.2) is 0 Å². The van der Waals surface area contributed by atoms with Crippen molar-refractivity contribution >= 4 is 39.7 Å². The number of benzene rings is 1. The zero-order chi connectivity index (χ0) is 15.7. The Kier molecular flexibility index (Phi) is 4.78. The van der Waals surface area contributed by atoms with Gasteiger partial charge in [0.05, 0.1) is 48.1 Å². The molecule has 2 N–H and O–H groups in total. The first-order valence-electron chi connectivity index (χ1n) is 7.22. The van der Waals surface area contributed by atoms with Crippen molar-refractivity contribution in [2.45, 2.75) is 6.42 Å². The molecule has 1 aromatic heterocycles. The molecule has 0 spiro atoms. The summed E-state index contributed by atoms with van der Waals surface area (Å²) in [6, 6.07) is 5.54. The fourth-order valence-electron chi connectivity index (χ4n) is 2.50. The smallest absolute Gasteiger partial charge is 0.227 e. The van der Waals surface area contributed by atoms with Gasteiger partial charge in [0.15, 0.2) is 5.13 Å². The van der Waals surface area contributed by atoms with Crippen LogP contribution in [0.25, 0.3) is 0 Å². The van der Waals surface area contributed by atoms with Crippen LogP contribution in [0, 0.1) is 0 Å². The molecule has 1 fully saturated rings. The molecule has 1 saturated heterocycles. The van der Waals surface area contributed by atoms with Crippen LogP contribution in [0.15, 0.2) is 18.2 Å². The van der Waals surface area contributed by atoms with Crippen molar-refractivity contribution in [3.8, 4) is 5.88 Å². The molecular formula is C15H18Cl2N3OS+. The molecule has 0 saturated carbocycles. The van der Waals surface area contributed by atoms with Crippen LogP contribution in [0.4, 0.5) is 5.13 Å². The van der Waals surface area contributed by atoms with Crippen LogP contribution in [-0.2, 0) is 6.42 Å². The molecule has 0 amide bonds. The van der Waals surface area contributed by atoms with Gasteiger partial charge >= 0.3 is 0 Å². The predicted molar refractivity (Wildman–Crippen MR) is 91.9 cm³/mol. The number of anilines is 1. The van der Waals surface area contributed by atoms with Gasteiger partial charge in [-0.1, -0.05) is 40.6 Å². The van der Waals surface area contributed by atoms with Crippen molar-refractivity contribution in [3.05, 3.63) is 38.7 Å². The number of aromatic nitrogens is 1. The minimum Gasteiger partial charge on any atom is -0.492 e. The maximum atomic E-state index is 10.1. The Morgan fingerprint density at radius 2 is 2.00 bits per heavy atom. The van der Waals surface area contributed by atoms with Gasteiger partial charge in [0.1, 0.15) is 0 Å². The van der Waals surface area contributed by atoms with Crippen molar-refractivity contribution < 1.29 is 10.0 Å². The number of thiazole rings is 1. The van der Waals surface area contributed by atoms with Gasteiger partial charge < -0.3 is 14.9 Å². The number of rotatable bonds is 3. The molecule has 0 radical (unpaired) electrons. The molecule has 0 unspecified atom stereocenters. The number of hydrogen-bond donors (Lipinski definition) is 2. The van der Waals surface area contributed by atoms with Crippen molar-refractivity contribution in [2.75, 3.05) is 38.1 Å². The fraction of sp³-hybridized carbons (Fsp3) is 0.400. The van der Waals surface area contributed by atoms with Crippen LogP contribution >= 0.6 is 34.5 Å². The number of halogens is 2. The lowest BCUT2D eigenvalue weighted by Gasteiger charge is -2.29. The molecule has 0 atom stereocenters. The molecular weight excluding hydrogens is 341 g/mol. The summed E-state index contributed by atoms with van der Waals surface area (Å²) in [6.07, 6.45) is 0.610. The summed E-state index contributed by atoms with van der Waals surface area (Å²) < 4.78 is 0. The molecule has 7 heteroatoms. The maximum absolute atomic E-state index is 10.1. The maximum Gasteiger partial charge on any atom is 0.227 e. The van der Waals surface area contributed by atoms with Crippen molar-refractivity contribution in [1.29, 1.82) is 0 Å². The number of piperazine rings is 1. The highest BCUT2D eigenvalue weighted by molar-refractivity contribution is 7.15. The first-order chi connectivity index (χ1) is 10.5. The van der Waals surface area contributed by atoms with E-state index in [0.29, 0.717) is 16.5 Å². The second-order valence-corrected chi connectivity index (χ2v) is 7.49. The number of likely N-dealkylation sites (N-methyl/N-ethyl adjacent to an activating group) is 1. The SMILES string of the molecule is C[NH+]1CCN(c2nc(O)c(Cc3ccc(Cl)c(Cl)c3)s2)CC1. The second kappa shape index (κ2) is 6.62. The summed E-state index contributed by atoms with van der Waals surface area (Å²) in [6.45, 7) is 4.15. The second-order valence-electron chi connectivity index (χ2n) is 5.61. The molecule has 1 aliphatic rings. The Morgan fingerprint density at radius 3 is 2.68 bits per heavy atom. The highest BCUT2D eigenvalue weighted by Gasteiger charge is 2.21. The third-order valence-corrected chi connectivity index (χ3v) is 5.75. The lowest BCUT2D eigenvalue weighted by atomic mass is 10.1. The van der Waals surface area contributed by atoms with Crippen LogP contribution in [0.3, 0.4) is 0 Å². The zero-order valence-corrected chi connectivity index (χ0v) is 14.6. The molecule has 0 aliphatic carbocycles. The van der Waals surface area contributed by atoms with E-state index in [9.17, 15) is 5.11 Å².